The molecule has 0 aliphatic rings. The van der Waals surface area contributed by atoms with Gasteiger partial charge in [-0.15, -0.1) is 0 Å². The summed E-state index contributed by atoms with van der Waals surface area (Å²) in [6.45, 7) is 3.77. The van der Waals surface area contributed by atoms with Gasteiger partial charge in [-0.3, -0.25) is 4.98 Å². The first-order chi connectivity index (χ1) is 6.61. The Balaban J connectivity index is 2.53. The van der Waals surface area contributed by atoms with Crippen LogP contribution in [0.3, 0.4) is 0 Å². The number of aliphatic hydroxyl groups is 2. The molecular formula is C11H17NO2. The summed E-state index contributed by atoms with van der Waals surface area (Å²) >= 11 is 0. The van der Waals surface area contributed by atoms with Crippen LogP contribution in [0.4, 0.5) is 0 Å². The number of hydrogen-bond acceptors (Lipinski definition) is 3. The number of nitrogens with zero attached hydrogens (tertiary/aromatic N) is 1. The van der Waals surface area contributed by atoms with E-state index >= 15 is 0 Å². The van der Waals surface area contributed by atoms with E-state index < -0.39 is 12.2 Å². The Hall–Kier alpha value is -0.930. The summed E-state index contributed by atoms with van der Waals surface area (Å²) in [5, 5.41) is 19.2. The minimum atomic E-state index is -0.709. The van der Waals surface area contributed by atoms with Crippen molar-refractivity contribution >= 4 is 0 Å². The SMILES string of the molecule is CC(C)C(O)C(O)Cc1cccnc1. The van der Waals surface area contributed by atoms with Crippen molar-refractivity contribution in [1.82, 2.24) is 4.98 Å². The molecule has 0 radical (unpaired) electrons. The van der Waals surface area contributed by atoms with Crippen molar-refractivity contribution in [3.63, 3.8) is 0 Å². The van der Waals surface area contributed by atoms with Gasteiger partial charge in [-0.05, 0) is 17.5 Å². The molecule has 0 amide bonds. The van der Waals surface area contributed by atoms with E-state index in [4.69, 9.17) is 0 Å². The summed E-state index contributed by atoms with van der Waals surface area (Å²) < 4.78 is 0. The van der Waals surface area contributed by atoms with Gasteiger partial charge < -0.3 is 10.2 Å². The zero-order valence-corrected chi connectivity index (χ0v) is 8.59. The van der Waals surface area contributed by atoms with E-state index in [1.807, 2.05) is 26.0 Å². The van der Waals surface area contributed by atoms with Crippen molar-refractivity contribution in [2.45, 2.75) is 32.5 Å². The average molecular weight is 195 g/mol. The van der Waals surface area contributed by atoms with Crippen molar-refractivity contribution in [2.75, 3.05) is 0 Å². The Bertz CT molecular complexity index is 261. The van der Waals surface area contributed by atoms with Gasteiger partial charge in [-0.2, -0.15) is 0 Å². The molecule has 2 atom stereocenters. The first-order valence-electron chi connectivity index (χ1n) is 4.86. The number of aromatic nitrogens is 1. The molecule has 1 heterocycles. The molecule has 0 bridgehead atoms. The Morgan fingerprint density at radius 3 is 2.57 bits per heavy atom. The summed E-state index contributed by atoms with van der Waals surface area (Å²) in [5.41, 5.74) is 0.944. The molecule has 3 heteroatoms. The van der Waals surface area contributed by atoms with Gasteiger partial charge in [0.1, 0.15) is 0 Å². The monoisotopic (exact) mass is 195 g/mol. The van der Waals surface area contributed by atoms with Crippen molar-refractivity contribution in [3.05, 3.63) is 30.1 Å². The summed E-state index contributed by atoms with van der Waals surface area (Å²) in [4.78, 5) is 3.95. The molecule has 0 spiro atoms. The third-order valence-corrected chi connectivity index (χ3v) is 2.24. The van der Waals surface area contributed by atoms with Gasteiger partial charge in [0, 0.05) is 18.8 Å². The first-order valence-corrected chi connectivity index (χ1v) is 4.86. The Labute approximate surface area is 84.4 Å². The molecule has 1 aromatic rings. The highest BCUT2D eigenvalue weighted by Gasteiger charge is 2.19. The van der Waals surface area contributed by atoms with Crippen molar-refractivity contribution < 1.29 is 10.2 Å². The second-order valence-corrected chi connectivity index (χ2v) is 3.87. The van der Waals surface area contributed by atoms with E-state index in [2.05, 4.69) is 4.98 Å². The summed E-state index contributed by atoms with van der Waals surface area (Å²) in [6.07, 6.45) is 2.47. The molecule has 0 aromatic carbocycles. The molecule has 0 saturated carbocycles. The predicted octanol–water partition coefficient (Wildman–Crippen LogP) is 1.00. The summed E-state index contributed by atoms with van der Waals surface area (Å²) in [6, 6.07) is 3.72. The lowest BCUT2D eigenvalue weighted by atomic mass is 9.97. The molecule has 78 valence electrons. The van der Waals surface area contributed by atoms with Crippen LogP contribution in [0.15, 0.2) is 24.5 Å². The fourth-order valence-electron chi connectivity index (χ4n) is 1.33. The van der Waals surface area contributed by atoms with Gasteiger partial charge in [0.2, 0.25) is 0 Å². The van der Waals surface area contributed by atoms with Crippen LogP contribution in [0, 0.1) is 5.92 Å². The van der Waals surface area contributed by atoms with Gasteiger partial charge in [-0.25, -0.2) is 0 Å². The lowest BCUT2D eigenvalue weighted by Gasteiger charge is -2.20. The molecule has 2 N–H and O–H groups in total. The van der Waals surface area contributed by atoms with E-state index in [0.29, 0.717) is 6.42 Å². The van der Waals surface area contributed by atoms with Crippen LogP contribution >= 0.6 is 0 Å². The van der Waals surface area contributed by atoms with E-state index in [1.54, 1.807) is 12.4 Å². The van der Waals surface area contributed by atoms with Gasteiger partial charge in [0.05, 0.1) is 12.2 Å². The minimum Gasteiger partial charge on any atom is -0.390 e. The van der Waals surface area contributed by atoms with Crippen LogP contribution in [-0.4, -0.2) is 27.4 Å². The largest absolute Gasteiger partial charge is 0.390 e. The topological polar surface area (TPSA) is 53.4 Å². The maximum atomic E-state index is 9.66. The normalized spacial score (nSPS) is 15.5. The van der Waals surface area contributed by atoms with Crippen LogP contribution in [0.25, 0.3) is 0 Å². The fourth-order valence-corrected chi connectivity index (χ4v) is 1.33. The maximum Gasteiger partial charge on any atom is 0.0842 e. The average Bonchev–Trinajstić information content (AvgIpc) is 2.18. The van der Waals surface area contributed by atoms with Gasteiger partial charge in [-0.1, -0.05) is 19.9 Å². The number of hydrogen-bond donors (Lipinski definition) is 2. The highest BCUT2D eigenvalue weighted by molar-refractivity contribution is 5.09. The smallest absolute Gasteiger partial charge is 0.0842 e. The van der Waals surface area contributed by atoms with Crippen LogP contribution in [0.5, 0.6) is 0 Å². The quantitative estimate of drug-likeness (QED) is 0.753. The van der Waals surface area contributed by atoms with E-state index in [9.17, 15) is 10.2 Å². The fraction of sp³-hybridized carbons (Fsp3) is 0.545. The molecule has 0 fully saturated rings. The predicted molar refractivity (Wildman–Crippen MR) is 54.8 cm³/mol. The van der Waals surface area contributed by atoms with Crippen LogP contribution < -0.4 is 0 Å². The minimum absolute atomic E-state index is 0.0710. The number of pyridine rings is 1. The standard InChI is InChI=1S/C11H17NO2/c1-8(2)11(14)10(13)6-9-4-3-5-12-7-9/h3-5,7-8,10-11,13-14H,6H2,1-2H3. The molecule has 0 aliphatic carbocycles. The lowest BCUT2D eigenvalue weighted by Crippen LogP contribution is -2.32. The Morgan fingerprint density at radius 2 is 2.07 bits per heavy atom. The molecule has 0 aliphatic heterocycles. The van der Waals surface area contributed by atoms with Crippen molar-refractivity contribution in [3.8, 4) is 0 Å². The molecule has 1 aromatic heterocycles. The van der Waals surface area contributed by atoms with E-state index in [-0.39, 0.29) is 5.92 Å². The van der Waals surface area contributed by atoms with Gasteiger partial charge in [0.15, 0.2) is 0 Å². The Morgan fingerprint density at radius 1 is 1.36 bits per heavy atom. The highest BCUT2D eigenvalue weighted by Crippen LogP contribution is 2.10. The molecule has 0 saturated heterocycles. The molecule has 2 unspecified atom stereocenters. The zero-order chi connectivity index (χ0) is 10.6. The third kappa shape index (κ3) is 3.09. The van der Waals surface area contributed by atoms with Crippen LogP contribution in [0.1, 0.15) is 19.4 Å². The third-order valence-electron chi connectivity index (χ3n) is 2.24. The molecule has 1 rings (SSSR count). The molecule has 3 nitrogen and oxygen atoms in total. The second-order valence-electron chi connectivity index (χ2n) is 3.87. The first kappa shape index (κ1) is 11.1. The second kappa shape index (κ2) is 5.08. The Kier molecular flexibility index (Phi) is 4.04. The van der Waals surface area contributed by atoms with Crippen molar-refractivity contribution in [1.29, 1.82) is 0 Å². The summed E-state index contributed by atoms with van der Waals surface area (Å²) in [7, 11) is 0. The number of rotatable bonds is 4. The number of aliphatic hydroxyl groups excluding tert-OH is 2. The molecule has 14 heavy (non-hydrogen) atoms. The van der Waals surface area contributed by atoms with E-state index in [0.717, 1.165) is 5.56 Å². The van der Waals surface area contributed by atoms with Crippen molar-refractivity contribution in [2.24, 2.45) is 5.92 Å². The van der Waals surface area contributed by atoms with Crippen LogP contribution in [0.2, 0.25) is 0 Å². The maximum absolute atomic E-state index is 9.66. The van der Waals surface area contributed by atoms with Gasteiger partial charge >= 0.3 is 0 Å². The van der Waals surface area contributed by atoms with E-state index in [1.165, 1.54) is 0 Å². The zero-order valence-electron chi connectivity index (χ0n) is 8.59. The lowest BCUT2D eigenvalue weighted by molar-refractivity contribution is -0.00734. The summed E-state index contributed by atoms with van der Waals surface area (Å²) in [5.74, 6) is 0.0710. The van der Waals surface area contributed by atoms with Gasteiger partial charge in [0.25, 0.3) is 0 Å². The highest BCUT2D eigenvalue weighted by atomic mass is 16.3. The van der Waals surface area contributed by atoms with Crippen LogP contribution in [-0.2, 0) is 6.42 Å². The molecular weight excluding hydrogens is 178 g/mol.